The molecule has 96 valence electrons. The zero-order valence-corrected chi connectivity index (χ0v) is 11.8. The van der Waals surface area contributed by atoms with Crippen molar-refractivity contribution in [2.75, 3.05) is 7.05 Å². The van der Waals surface area contributed by atoms with Gasteiger partial charge in [0.15, 0.2) is 0 Å². The Balaban J connectivity index is 2.26. The van der Waals surface area contributed by atoms with Crippen LogP contribution in [0.1, 0.15) is 22.2 Å². The summed E-state index contributed by atoms with van der Waals surface area (Å²) in [6.07, 6.45) is 0.561. The van der Waals surface area contributed by atoms with Gasteiger partial charge in [0.1, 0.15) is 5.82 Å². The fourth-order valence-corrected chi connectivity index (χ4v) is 3.00. The van der Waals surface area contributed by atoms with Gasteiger partial charge in [-0.25, -0.2) is 9.37 Å². The van der Waals surface area contributed by atoms with Crippen molar-refractivity contribution in [2.24, 2.45) is 0 Å². The van der Waals surface area contributed by atoms with Crippen LogP contribution in [0.25, 0.3) is 0 Å². The summed E-state index contributed by atoms with van der Waals surface area (Å²) in [7, 11) is 1.87. The van der Waals surface area contributed by atoms with E-state index in [0.29, 0.717) is 12.0 Å². The van der Waals surface area contributed by atoms with Crippen molar-refractivity contribution in [3.8, 4) is 0 Å². The molecule has 1 aromatic heterocycles. The molecule has 0 radical (unpaired) electrons. The first kappa shape index (κ1) is 13.5. The number of benzene rings is 1. The Morgan fingerprint density at radius 1 is 1.50 bits per heavy atom. The van der Waals surface area contributed by atoms with Gasteiger partial charge >= 0.3 is 0 Å². The van der Waals surface area contributed by atoms with Crippen molar-refractivity contribution in [3.05, 3.63) is 50.7 Å². The molecule has 5 heteroatoms. The van der Waals surface area contributed by atoms with E-state index in [0.717, 1.165) is 10.6 Å². The highest BCUT2D eigenvalue weighted by atomic mass is 35.5. The molecule has 0 saturated heterocycles. The van der Waals surface area contributed by atoms with Crippen LogP contribution >= 0.6 is 22.9 Å². The predicted octanol–water partition coefficient (Wildman–Crippen LogP) is 3.75. The molecule has 2 nitrogen and oxygen atoms in total. The summed E-state index contributed by atoms with van der Waals surface area (Å²) in [5, 5.41) is 3.37. The van der Waals surface area contributed by atoms with E-state index in [-0.39, 0.29) is 16.9 Å². The van der Waals surface area contributed by atoms with Crippen LogP contribution in [-0.2, 0) is 6.42 Å². The van der Waals surface area contributed by atoms with Crippen molar-refractivity contribution >= 4 is 22.9 Å². The minimum Gasteiger partial charge on any atom is -0.312 e. The number of nitrogens with zero attached hydrogens (tertiary/aromatic N) is 1. The summed E-state index contributed by atoms with van der Waals surface area (Å²) in [4.78, 5) is 5.36. The number of nitrogens with one attached hydrogen (secondary N) is 1. The number of hydrogen-bond donors (Lipinski definition) is 1. The summed E-state index contributed by atoms with van der Waals surface area (Å²) in [6.45, 7) is 1.96. The minimum atomic E-state index is -0.332. The number of hydrogen-bond acceptors (Lipinski definition) is 3. The van der Waals surface area contributed by atoms with Gasteiger partial charge in [-0.05, 0) is 32.0 Å². The maximum atomic E-state index is 13.9. The average molecular weight is 285 g/mol. The molecule has 0 bridgehead atoms. The Kier molecular flexibility index (Phi) is 4.32. The molecule has 0 fully saturated rings. The van der Waals surface area contributed by atoms with Crippen molar-refractivity contribution in [1.82, 2.24) is 10.3 Å². The van der Waals surface area contributed by atoms with Gasteiger partial charge in [0.25, 0.3) is 0 Å². The number of aryl methyl sites for hydroxylation is 1. The second kappa shape index (κ2) is 5.78. The molecule has 1 aromatic carbocycles. The van der Waals surface area contributed by atoms with E-state index in [1.165, 1.54) is 0 Å². The SMILES string of the molecule is CNC(Cc1cccc(Cl)c1F)c1scnc1C. The predicted molar refractivity (Wildman–Crippen MR) is 73.8 cm³/mol. The van der Waals surface area contributed by atoms with Crippen LogP contribution in [0.15, 0.2) is 23.7 Å². The highest BCUT2D eigenvalue weighted by Crippen LogP contribution is 2.27. The molecule has 2 aromatic rings. The number of halogens is 2. The van der Waals surface area contributed by atoms with E-state index >= 15 is 0 Å². The van der Waals surface area contributed by atoms with Crippen LogP contribution < -0.4 is 5.32 Å². The zero-order chi connectivity index (χ0) is 13.1. The van der Waals surface area contributed by atoms with Gasteiger partial charge in [-0.1, -0.05) is 23.7 Å². The minimum absolute atomic E-state index is 0.0606. The van der Waals surface area contributed by atoms with Crippen LogP contribution in [0.5, 0.6) is 0 Å². The molecule has 1 heterocycles. The Hall–Kier alpha value is -0.970. The van der Waals surface area contributed by atoms with Crippen LogP contribution in [0.2, 0.25) is 5.02 Å². The number of rotatable bonds is 4. The quantitative estimate of drug-likeness (QED) is 0.925. The zero-order valence-electron chi connectivity index (χ0n) is 10.2. The van der Waals surface area contributed by atoms with Gasteiger partial charge in [-0.15, -0.1) is 11.3 Å². The van der Waals surface area contributed by atoms with E-state index in [1.807, 2.05) is 19.5 Å². The number of thiazole rings is 1. The summed E-state index contributed by atoms with van der Waals surface area (Å²) in [6, 6.07) is 5.16. The molecule has 0 spiro atoms. The van der Waals surface area contributed by atoms with E-state index < -0.39 is 0 Å². The molecule has 0 amide bonds. The second-order valence-corrected chi connectivity index (χ2v) is 5.35. The summed E-state index contributed by atoms with van der Waals surface area (Å²) < 4.78 is 13.9. The molecule has 0 aliphatic carbocycles. The third kappa shape index (κ3) is 2.71. The van der Waals surface area contributed by atoms with Crippen molar-refractivity contribution in [1.29, 1.82) is 0 Å². The Morgan fingerprint density at radius 2 is 2.28 bits per heavy atom. The molecule has 1 atom stereocenters. The topological polar surface area (TPSA) is 24.9 Å². The average Bonchev–Trinajstić information content (AvgIpc) is 2.77. The monoisotopic (exact) mass is 284 g/mol. The summed E-state index contributed by atoms with van der Waals surface area (Å²) in [5.74, 6) is -0.332. The van der Waals surface area contributed by atoms with Crippen LogP contribution in [0, 0.1) is 12.7 Å². The Labute approximate surface area is 115 Å². The number of aromatic nitrogens is 1. The lowest BCUT2D eigenvalue weighted by atomic mass is 10.0. The van der Waals surface area contributed by atoms with E-state index in [2.05, 4.69) is 10.3 Å². The lowest BCUT2D eigenvalue weighted by Crippen LogP contribution is -2.19. The third-order valence-corrected chi connectivity index (χ3v) is 4.24. The first-order valence-electron chi connectivity index (χ1n) is 5.63. The Morgan fingerprint density at radius 3 is 2.89 bits per heavy atom. The van der Waals surface area contributed by atoms with Gasteiger partial charge in [0.05, 0.1) is 16.2 Å². The summed E-state index contributed by atoms with van der Waals surface area (Å²) in [5.41, 5.74) is 3.42. The maximum absolute atomic E-state index is 13.9. The van der Waals surface area contributed by atoms with E-state index in [1.54, 1.807) is 29.5 Å². The smallest absolute Gasteiger partial charge is 0.145 e. The highest BCUT2D eigenvalue weighted by molar-refractivity contribution is 7.09. The lowest BCUT2D eigenvalue weighted by molar-refractivity contribution is 0.558. The molecular formula is C13H14ClFN2S. The molecule has 0 aliphatic rings. The first-order chi connectivity index (χ1) is 8.63. The van der Waals surface area contributed by atoms with Crippen LogP contribution in [-0.4, -0.2) is 12.0 Å². The van der Waals surface area contributed by atoms with Crippen molar-refractivity contribution < 1.29 is 4.39 Å². The lowest BCUT2D eigenvalue weighted by Gasteiger charge is -2.16. The second-order valence-electron chi connectivity index (χ2n) is 4.06. The van der Waals surface area contributed by atoms with Crippen LogP contribution in [0.3, 0.4) is 0 Å². The fourth-order valence-electron chi connectivity index (χ4n) is 1.90. The van der Waals surface area contributed by atoms with Crippen molar-refractivity contribution in [2.45, 2.75) is 19.4 Å². The molecular weight excluding hydrogens is 271 g/mol. The standard InChI is InChI=1S/C13H14ClFN2S/c1-8-13(18-7-17-8)11(16-2)6-9-4-3-5-10(14)12(9)15/h3-5,7,11,16H,6H2,1-2H3. The fraction of sp³-hybridized carbons (Fsp3) is 0.308. The number of likely N-dealkylation sites (N-methyl/N-ethyl adjacent to an activating group) is 1. The first-order valence-corrected chi connectivity index (χ1v) is 6.89. The summed E-state index contributed by atoms with van der Waals surface area (Å²) >= 11 is 7.37. The largest absolute Gasteiger partial charge is 0.312 e. The molecule has 0 aliphatic heterocycles. The van der Waals surface area contributed by atoms with E-state index in [9.17, 15) is 4.39 Å². The molecule has 1 N–H and O–H groups in total. The van der Waals surface area contributed by atoms with Gasteiger partial charge in [0.2, 0.25) is 0 Å². The van der Waals surface area contributed by atoms with Gasteiger partial charge in [-0.2, -0.15) is 0 Å². The van der Waals surface area contributed by atoms with E-state index in [4.69, 9.17) is 11.6 Å². The molecule has 18 heavy (non-hydrogen) atoms. The van der Waals surface area contributed by atoms with Crippen molar-refractivity contribution in [3.63, 3.8) is 0 Å². The molecule has 0 saturated carbocycles. The van der Waals surface area contributed by atoms with Gasteiger partial charge in [-0.3, -0.25) is 0 Å². The Bertz CT molecular complexity index is 542. The molecule has 2 rings (SSSR count). The normalized spacial score (nSPS) is 12.7. The van der Waals surface area contributed by atoms with Gasteiger partial charge in [0, 0.05) is 10.9 Å². The van der Waals surface area contributed by atoms with Crippen LogP contribution in [0.4, 0.5) is 4.39 Å². The third-order valence-electron chi connectivity index (χ3n) is 2.90. The highest BCUT2D eigenvalue weighted by Gasteiger charge is 2.17. The maximum Gasteiger partial charge on any atom is 0.145 e. The molecule has 1 unspecified atom stereocenters. The van der Waals surface area contributed by atoms with Gasteiger partial charge < -0.3 is 5.32 Å².